The molecule has 0 radical (unpaired) electrons. The smallest absolute Gasteiger partial charge is 0.260 e. The van der Waals surface area contributed by atoms with E-state index in [-0.39, 0.29) is 30.2 Å². The lowest BCUT2D eigenvalue weighted by molar-refractivity contribution is -0.141. The summed E-state index contributed by atoms with van der Waals surface area (Å²) in [5.74, 6) is -1.01. The summed E-state index contributed by atoms with van der Waals surface area (Å²) in [6.07, 6.45) is -0.309. The molecule has 1 amide bonds. The quantitative estimate of drug-likeness (QED) is 0.863. The van der Waals surface area contributed by atoms with Crippen LogP contribution in [0.4, 0.5) is 8.78 Å². The van der Waals surface area contributed by atoms with Crippen molar-refractivity contribution in [2.24, 2.45) is 0 Å². The van der Waals surface area contributed by atoms with Crippen LogP contribution < -0.4 is 4.74 Å². The molecule has 6 heteroatoms. The number of ether oxygens (including phenoxy) is 2. The van der Waals surface area contributed by atoms with Crippen molar-refractivity contribution in [1.82, 2.24) is 4.90 Å². The number of morpholine rings is 1. The van der Waals surface area contributed by atoms with E-state index in [0.29, 0.717) is 19.7 Å². The van der Waals surface area contributed by atoms with E-state index in [0.717, 1.165) is 5.56 Å². The first-order valence-corrected chi connectivity index (χ1v) is 7.65. The Hall–Kier alpha value is -2.47. The highest BCUT2D eigenvalue weighted by molar-refractivity contribution is 5.78. The molecule has 0 spiro atoms. The summed E-state index contributed by atoms with van der Waals surface area (Å²) >= 11 is 0. The van der Waals surface area contributed by atoms with E-state index in [4.69, 9.17) is 9.47 Å². The first-order chi connectivity index (χ1) is 11.6. The third-order valence-corrected chi connectivity index (χ3v) is 3.85. The first kappa shape index (κ1) is 16.4. The van der Waals surface area contributed by atoms with Gasteiger partial charge in [0.05, 0.1) is 13.2 Å². The SMILES string of the molecule is O=C(COc1ccccc1F)N1CCOC(c2ccc(F)cc2)C1. The zero-order valence-corrected chi connectivity index (χ0v) is 13.0. The molecule has 0 bridgehead atoms. The summed E-state index contributed by atoms with van der Waals surface area (Å²) in [6, 6.07) is 12.0. The Kier molecular flexibility index (Phi) is 5.05. The van der Waals surface area contributed by atoms with Crippen LogP contribution in [0.15, 0.2) is 48.5 Å². The van der Waals surface area contributed by atoms with Gasteiger partial charge in [-0.05, 0) is 29.8 Å². The molecular weight excluding hydrogens is 316 g/mol. The van der Waals surface area contributed by atoms with Crippen molar-refractivity contribution in [1.29, 1.82) is 0 Å². The van der Waals surface area contributed by atoms with E-state index in [1.807, 2.05) is 0 Å². The molecule has 126 valence electrons. The molecule has 1 unspecified atom stereocenters. The molecule has 3 rings (SSSR count). The highest BCUT2D eigenvalue weighted by Gasteiger charge is 2.25. The van der Waals surface area contributed by atoms with Gasteiger partial charge in [-0.15, -0.1) is 0 Å². The van der Waals surface area contributed by atoms with Gasteiger partial charge in [0.25, 0.3) is 5.91 Å². The molecule has 0 aromatic heterocycles. The Morgan fingerprint density at radius 1 is 1.17 bits per heavy atom. The predicted octanol–water partition coefficient (Wildman–Crippen LogP) is 2.94. The summed E-state index contributed by atoms with van der Waals surface area (Å²) in [5.41, 5.74) is 0.809. The number of nitrogens with zero attached hydrogens (tertiary/aromatic N) is 1. The van der Waals surface area contributed by atoms with Crippen LogP contribution in [0.1, 0.15) is 11.7 Å². The van der Waals surface area contributed by atoms with Crippen LogP contribution in [0.2, 0.25) is 0 Å². The van der Waals surface area contributed by atoms with Crippen molar-refractivity contribution in [3.8, 4) is 5.75 Å². The molecule has 1 aliphatic heterocycles. The van der Waals surface area contributed by atoms with Gasteiger partial charge in [0, 0.05) is 6.54 Å². The minimum Gasteiger partial charge on any atom is -0.481 e. The predicted molar refractivity (Wildman–Crippen MR) is 83.6 cm³/mol. The maximum absolute atomic E-state index is 13.5. The van der Waals surface area contributed by atoms with Crippen molar-refractivity contribution in [3.05, 3.63) is 65.7 Å². The van der Waals surface area contributed by atoms with Crippen LogP contribution in [-0.4, -0.2) is 37.1 Å². The highest BCUT2D eigenvalue weighted by Crippen LogP contribution is 2.23. The Labute approximate surface area is 138 Å². The van der Waals surface area contributed by atoms with Gasteiger partial charge in [0.15, 0.2) is 18.2 Å². The minimum absolute atomic E-state index is 0.0502. The van der Waals surface area contributed by atoms with Gasteiger partial charge in [-0.1, -0.05) is 24.3 Å². The zero-order chi connectivity index (χ0) is 16.9. The number of benzene rings is 2. The lowest BCUT2D eigenvalue weighted by Gasteiger charge is -2.33. The lowest BCUT2D eigenvalue weighted by Crippen LogP contribution is -2.44. The molecule has 1 fully saturated rings. The van der Waals surface area contributed by atoms with Crippen molar-refractivity contribution < 1.29 is 23.0 Å². The van der Waals surface area contributed by atoms with Crippen LogP contribution in [0.25, 0.3) is 0 Å². The van der Waals surface area contributed by atoms with Crippen LogP contribution in [-0.2, 0) is 9.53 Å². The van der Waals surface area contributed by atoms with Gasteiger partial charge in [-0.2, -0.15) is 0 Å². The van der Waals surface area contributed by atoms with Gasteiger partial charge in [0.1, 0.15) is 11.9 Å². The third kappa shape index (κ3) is 3.89. The standard InChI is InChI=1S/C18H17F2NO3/c19-14-7-5-13(6-8-14)17-11-21(9-10-23-17)18(22)12-24-16-4-2-1-3-15(16)20/h1-8,17H,9-12H2. The third-order valence-electron chi connectivity index (χ3n) is 3.85. The van der Waals surface area contributed by atoms with Crippen molar-refractivity contribution in [2.75, 3.05) is 26.3 Å². The largest absolute Gasteiger partial charge is 0.481 e. The Morgan fingerprint density at radius 2 is 1.92 bits per heavy atom. The van der Waals surface area contributed by atoms with Crippen molar-refractivity contribution in [3.63, 3.8) is 0 Å². The highest BCUT2D eigenvalue weighted by atomic mass is 19.1. The number of carbonyl (C=O) groups excluding carboxylic acids is 1. The van der Waals surface area contributed by atoms with Gasteiger partial charge in [-0.25, -0.2) is 8.78 Å². The fraction of sp³-hybridized carbons (Fsp3) is 0.278. The molecule has 1 atom stereocenters. The second kappa shape index (κ2) is 7.40. The summed E-state index contributed by atoms with van der Waals surface area (Å²) in [7, 11) is 0. The number of hydrogen-bond donors (Lipinski definition) is 0. The minimum atomic E-state index is -0.503. The number of para-hydroxylation sites is 1. The maximum atomic E-state index is 13.5. The molecule has 4 nitrogen and oxygen atoms in total. The topological polar surface area (TPSA) is 38.8 Å². The number of amides is 1. The monoisotopic (exact) mass is 333 g/mol. The summed E-state index contributed by atoms with van der Waals surface area (Å²) in [6.45, 7) is 0.937. The first-order valence-electron chi connectivity index (χ1n) is 7.65. The van der Waals surface area contributed by atoms with Crippen LogP contribution in [0.3, 0.4) is 0 Å². The average Bonchev–Trinajstić information content (AvgIpc) is 2.61. The van der Waals surface area contributed by atoms with E-state index in [9.17, 15) is 13.6 Å². The van der Waals surface area contributed by atoms with E-state index < -0.39 is 5.82 Å². The number of carbonyl (C=O) groups is 1. The van der Waals surface area contributed by atoms with Crippen molar-refractivity contribution >= 4 is 5.91 Å². The fourth-order valence-corrected chi connectivity index (χ4v) is 2.55. The molecule has 0 aliphatic carbocycles. The summed E-state index contributed by atoms with van der Waals surface area (Å²) in [4.78, 5) is 13.9. The molecule has 2 aromatic rings. The second-order valence-electron chi connectivity index (χ2n) is 5.47. The van der Waals surface area contributed by atoms with Crippen LogP contribution in [0, 0.1) is 11.6 Å². The fourth-order valence-electron chi connectivity index (χ4n) is 2.55. The summed E-state index contributed by atoms with van der Waals surface area (Å²) in [5, 5.41) is 0. The normalized spacial score (nSPS) is 17.6. The van der Waals surface area contributed by atoms with Crippen molar-refractivity contribution in [2.45, 2.75) is 6.10 Å². The Bertz CT molecular complexity index is 706. The lowest BCUT2D eigenvalue weighted by atomic mass is 10.1. The molecule has 1 aliphatic rings. The molecule has 1 saturated heterocycles. The van der Waals surface area contributed by atoms with Crippen LogP contribution >= 0.6 is 0 Å². The summed E-state index contributed by atoms with van der Waals surface area (Å²) < 4.78 is 37.4. The van der Waals surface area contributed by atoms with Gasteiger partial charge < -0.3 is 14.4 Å². The number of hydrogen-bond acceptors (Lipinski definition) is 3. The van der Waals surface area contributed by atoms with E-state index in [1.165, 1.54) is 24.3 Å². The average molecular weight is 333 g/mol. The van der Waals surface area contributed by atoms with E-state index in [1.54, 1.807) is 29.2 Å². The molecule has 24 heavy (non-hydrogen) atoms. The number of rotatable bonds is 4. The Balaban J connectivity index is 1.59. The Morgan fingerprint density at radius 3 is 2.67 bits per heavy atom. The van der Waals surface area contributed by atoms with Crippen LogP contribution in [0.5, 0.6) is 5.75 Å². The molecule has 2 aromatic carbocycles. The molecular formula is C18H17F2NO3. The van der Waals surface area contributed by atoms with Gasteiger partial charge in [-0.3, -0.25) is 4.79 Å². The number of halogens is 2. The van der Waals surface area contributed by atoms with Gasteiger partial charge in [0.2, 0.25) is 0 Å². The van der Waals surface area contributed by atoms with Gasteiger partial charge >= 0.3 is 0 Å². The molecule has 1 heterocycles. The maximum Gasteiger partial charge on any atom is 0.260 e. The molecule has 0 N–H and O–H groups in total. The molecule has 0 saturated carbocycles. The van der Waals surface area contributed by atoms with E-state index in [2.05, 4.69) is 0 Å². The van der Waals surface area contributed by atoms with E-state index >= 15 is 0 Å². The second-order valence-corrected chi connectivity index (χ2v) is 5.47. The zero-order valence-electron chi connectivity index (χ0n) is 13.0.